The van der Waals surface area contributed by atoms with Crippen LogP contribution in [-0.4, -0.2) is 13.0 Å². The van der Waals surface area contributed by atoms with Gasteiger partial charge in [-0.1, -0.05) is 6.07 Å². The number of amides is 1. The van der Waals surface area contributed by atoms with Crippen LogP contribution < -0.4 is 15.8 Å². The largest absolute Gasteiger partial charge is 0.497 e. The molecule has 0 bridgehead atoms. The summed E-state index contributed by atoms with van der Waals surface area (Å²) in [5, 5.41) is 4.56. The zero-order chi connectivity index (χ0) is 12.3. The van der Waals surface area contributed by atoms with Gasteiger partial charge in [-0.05, 0) is 23.6 Å². The summed E-state index contributed by atoms with van der Waals surface area (Å²) in [5.41, 5.74) is 6.85. The number of hydrogen-bond acceptors (Lipinski definition) is 4. The van der Waals surface area contributed by atoms with E-state index in [-0.39, 0.29) is 5.91 Å². The van der Waals surface area contributed by atoms with Crippen LogP contribution in [0.2, 0.25) is 0 Å². The normalized spacial score (nSPS) is 9.94. The Labute approximate surface area is 103 Å². The van der Waals surface area contributed by atoms with E-state index in [1.54, 1.807) is 30.7 Å². The lowest BCUT2D eigenvalue weighted by Gasteiger charge is -2.06. The Balaban J connectivity index is 2.16. The van der Waals surface area contributed by atoms with Gasteiger partial charge in [0, 0.05) is 11.8 Å². The van der Waals surface area contributed by atoms with Crippen molar-refractivity contribution in [1.82, 2.24) is 0 Å². The summed E-state index contributed by atoms with van der Waals surface area (Å²) in [7, 11) is 1.58. The number of benzene rings is 1. The molecular formula is C12H12N2O2S. The van der Waals surface area contributed by atoms with Crippen molar-refractivity contribution < 1.29 is 9.53 Å². The van der Waals surface area contributed by atoms with Crippen molar-refractivity contribution >= 4 is 28.6 Å². The average molecular weight is 248 g/mol. The van der Waals surface area contributed by atoms with Crippen molar-refractivity contribution in [2.45, 2.75) is 0 Å². The number of rotatable bonds is 3. The summed E-state index contributed by atoms with van der Waals surface area (Å²) in [6, 6.07) is 8.89. The molecule has 5 heteroatoms. The molecule has 88 valence electrons. The van der Waals surface area contributed by atoms with E-state index < -0.39 is 0 Å². The van der Waals surface area contributed by atoms with Crippen LogP contribution in [0.1, 0.15) is 9.67 Å². The third-order valence-electron chi connectivity index (χ3n) is 2.23. The third-order valence-corrected chi connectivity index (χ3v) is 3.16. The molecule has 0 atom stereocenters. The first kappa shape index (κ1) is 11.5. The number of nitrogens with two attached hydrogens (primary N) is 1. The van der Waals surface area contributed by atoms with E-state index in [1.165, 1.54) is 11.3 Å². The van der Waals surface area contributed by atoms with Gasteiger partial charge in [0.25, 0.3) is 5.91 Å². The van der Waals surface area contributed by atoms with E-state index in [9.17, 15) is 4.79 Å². The summed E-state index contributed by atoms with van der Waals surface area (Å²) < 4.78 is 5.08. The highest BCUT2D eigenvalue weighted by molar-refractivity contribution is 7.12. The second kappa shape index (κ2) is 4.88. The Hall–Kier alpha value is -2.01. The number of methoxy groups -OCH3 is 1. The molecule has 0 radical (unpaired) electrons. The predicted octanol–water partition coefficient (Wildman–Crippen LogP) is 2.59. The molecule has 0 aliphatic carbocycles. The maximum absolute atomic E-state index is 11.9. The van der Waals surface area contributed by atoms with E-state index in [1.807, 2.05) is 12.1 Å². The molecule has 1 aromatic carbocycles. The van der Waals surface area contributed by atoms with Crippen LogP contribution in [0.15, 0.2) is 35.7 Å². The molecule has 0 saturated heterocycles. The van der Waals surface area contributed by atoms with Crippen LogP contribution in [0.4, 0.5) is 11.4 Å². The lowest BCUT2D eigenvalue weighted by Crippen LogP contribution is -2.11. The van der Waals surface area contributed by atoms with Gasteiger partial charge >= 0.3 is 0 Å². The minimum Gasteiger partial charge on any atom is -0.497 e. The number of carbonyl (C=O) groups is 1. The second-order valence-corrected chi connectivity index (χ2v) is 4.31. The maximum Gasteiger partial charge on any atom is 0.267 e. The smallest absolute Gasteiger partial charge is 0.267 e. The fourth-order valence-corrected chi connectivity index (χ4v) is 2.11. The second-order valence-electron chi connectivity index (χ2n) is 3.39. The number of hydrogen-bond donors (Lipinski definition) is 2. The molecule has 0 aliphatic rings. The van der Waals surface area contributed by atoms with E-state index >= 15 is 0 Å². The quantitative estimate of drug-likeness (QED) is 0.877. The molecule has 0 fully saturated rings. The Morgan fingerprint density at radius 2 is 2.24 bits per heavy atom. The average Bonchev–Trinajstić information content (AvgIpc) is 2.76. The van der Waals surface area contributed by atoms with Crippen molar-refractivity contribution in [3.63, 3.8) is 0 Å². The van der Waals surface area contributed by atoms with Gasteiger partial charge in [-0.3, -0.25) is 4.79 Å². The van der Waals surface area contributed by atoms with Crippen molar-refractivity contribution in [2.75, 3.05) is 18.2 Å². The highest BCUT2D eigenvalue weighted by Crippen LogP contribution is 2.22. The fraction of sp³-hybridized carbons (Fsp3) is 0.0833. The van der Waals surface area contributed by atoms with Crippen molar-refractivity contribution in [3.05, 3.63) is 40.6 Å². The van der Waals surface area contributed by atoms with Gasteiger partial charge < -0.3 is 15.8 Å². The van der Waals surface area contributed by atoms with Crippen LogP contribution in [0.5, 0.6) is 5.75 Å². The molecule has 0 saturated carbocycles. The molecule has 3 N–H and O–H groups in total. The summed E-state index contributed by atoms with van der Waals surface area (Å²) >= 11 is 1.32. The van der Waals surface area contributed by atoms with Crippen LogP contribution >= 0.6 is 11.3 Å². The van der Waals surface area contributed by atoms with E-state index in [0.29, 0.717) is 22.0 Å². The number of carbonyl (C=O) groups excluding carboxylic acids is 1. The molecule has 1 amide bonds. The molecule has 1 heterocycles. The SMILES string of the molecule is COc1cccc(NC(=O)c2sccc2N)c1. The topological polar surface area (TPSA) is 64.3 Å². The fourth-order valence-electron chi connectivity index (χ4n) is 1.39. The minimum absolute atomic E-state index is 0.203. The van der Waals surface area contributed by atoms with Crippen LogP contribution in [-0.2, 0) is 0 Å². The maximum atomic E-state index is 11.9. The van der Waals surface area contributed by atoms with E-state index in [0.717, 1.165) is 0 Å². The standard InChI is InChI=1S/C12H12N2O2S/c1-16-9-4-2-3-8(7-9)14-12(15)11-10(13)5-6-17-11/h2-7H,13H2,1H3,(H,14,15). The monoisotopic (exact) mass is 248 g/mol. The van der Waals surface area contributed by atoms with Crippen molar-refractivity contribution in [2.24, 2.45) is 0 Å². The Morgan fingerprint density at radius 3 is 2.88 bits per heavy atom. The number of anilines is 2. The number of thiophene rings is 1. The van der Waals surface area contributed by atoms with Gasteiger partial charge in [0.15, 0.2) is 0 Å². The molecule has 0 unspecified atom stereocenters. The van der Waals surface area contributed by atoms with Gasteiger partial charge in [-0.15, -0.1) is 11.3 Å². The molecular weight excluding hydrogens is 236 g/mol. The predicted molar refractivity (Wildman–Crippen MR) is 69.7 cm³/mol. The minimum atomic E-state index is -0.203. The molecule has 0 spiro atoms. The van der Waals surface area contributed by atoms with Crippen molar-refractivity contribution in [3.8, 4) is 5.75 Å². The van der Waals surface area contributed by atoms with E-state index in [4.69, 9.17) is 10.5 Å². The Morgan fingerprint density at radius 1 is 1.41 bits per heavy atom. The highest BCUT2D eigenvalue weighted by Gasteiger charge is 2.11. The first-order valence-electron chi connectivity index (χ1n) is 4.99. The number of nitrogens with one attached hydrogen (secondary N) is 1. The van der Waals surface area contributed by atoms with Crippen LogP contribution in [0.3, 0.4) is 0 Å². The summed E-state index contributed by atoms with van der Waals surface area (Å²) in [6.45, 7) is 0. The zero-order valence-electron chi connectivity index (χ0n) is 9.27. The van der Waals surface area contributed by atoms with Crippen molar-refractivity contribution in [1.29, 1.82) is 0 Å². The Bertz CT molecular complexity index is 537. The summed E-state index contributed by atoms with van der Waals surface area (Å²) in [5.74, 6) is 0.493. The third kappa shape index (κ3) is 2.57. The molecule has 2 rings (SSSR count). The molecule has 17 heavy (non-hydrogen) atoms. The van der Waals surface area contributed by atoms with E-state index in [2.05, 4.69) is 5.32 Å². The molecule has 1 aromatic heterocycles. The summed E-state index contributed by atoms with van der Waals surface area (Å²) in [4.78, 5) is 12.4. The lowest BCUT2D eigenvalue weighted by atomic mass is 10.3. The highest BCUT2D eigenvalue weighted by atomic mass is 32.1. The lowest BCUT2D eigenvalue weighted by molar-refractivity contribution is 0.103. The number of nitrogen functional groups attached to an aromatic ring is 1. The van der Waals surface area contributed by atoms with Gasteiger partial charge in [-0.25, -0.2) is 0 Å². The first-order chi connectivity index (χ1) is 8.20. The molecule has 2 aromatic rings. The van der Waals surface area contributed by atoms with Gasteiger partial charge in [0.05, 0.1) is 12.8 Å². The van der Waals surface area contributed by atoms with Gasteiger partial charge in [-0.2, -0.15) is 0 Å². The van der Waals surface area contributed by atoms with Gasteiger partial charge in [0.2, 0.25) is 0 Å². The van der Waals surface area contributed by atoms with Crippen LogP contribution in [0.25, 0.3) is 0 Å². The summed E-state index contributed by atoms with van der Waals surface area (Å²) in [6.07, 6.45) is 0. The Kier molecular flexibility index (Phi) is 3.30. The number of ether oxygens (including phenoxy) is 1. The molecule has 4 nitrogen and oxygen atoms in total. The van der Waals surface area contributed by atoms with Gasteiger partial charge in [0.1, 0.15) is 10.6 Å². The van der Waals surface area contributed by atoms with Crippen LogP contribution in [0, 0.1) is 0 Å². The molecule has 0 aliphatic heterocycles. The first-order valence-corrected chi connectivity index (χ1v) is 5.87. The zero-order valence-corrected chi connectivity index (χ0v) is 10.1.